The van der Waals surface area contributed by atoms with Crippen molar-refractivity contribution in [2.45, 2.75) is 52.7 Å². The van der Waals surface area contributed by atoms with Gasteiger partial charge in [-0.1, -0.05) is 30.3 Å². The number of alkyl halides is 1. The molecule has 3 nitrogen and oxygen atoms in total. The van der Waals surface area contributed by atoms with E-state index in [1.807, 2.05) is 18.2 Å². The average molecular weight is 402 g/mol. The second-order valence-corrected chi connectivity index (χ2v) is 8.81. The van der Waals surface area contributed by atoms with Crippen LogP contribution in [0.2, 0.25) is 0 Å². The number of hydrogen-bond acceptors (Lipinski definition) is 3. The summed E-state index contributed by atoms with van der Waals surface area (Å²) in [6, 6.07) is 10.3. The number of fused-ring (bicyclic) bond motifs is 1. The zero-order valence-electron chi connectivity index (χ0n) is 17.9. The maximum Gasteiger partial charge on any atom is 0.127 e. The summed E-state index contributed by atoms with van der Waals surface area (Å²) in [5.74, 6) is 2.94. The van der Waals surface area contributed by atoms with Crippen molar-refractivity contribution in [3.05, 3.63) is 58.1 Å². The smallest absolute Gasteiger partial charge is 0.127 e. The standard InChI is InChI=1S/C24H32ClNO2/c1-16-17(2)23-21(20(24(4,5)28-23)14-26(6)13-12-25)18(3)22(16)27-15-19-10-8-7-9-11-19/h7-11,20H,12-15H2,1-6H3. The molecule has 3 rings (SSSR count). The molecule has 28 heavy (non-hydrogen) atoms. The molecular formula is C24H32ClNO2. The fraction of sp³-hybridized carbons (Fsp3) is 0.500. The molecule has 0 bridgehead atoms. The van der Waals surface area contributed by atoms with Crippen LogP contribution in [0.5, 0.6) is 11.5 Å². The Kier molecular flexibility index (Phi) is 6.26. The average Bonchev–Trinajstić information content (AvgIpc) is 2.92. The van der Waals surface area contributed by atoms with Gasteiger partial charge in [-0.05, 0) is 63.9 Å². The molecule has 0 N–H and O–H groups in total. The minimum atomic E-state index is -0.261. The van der Waals surface area contributed by atoms with Crippen LogP contribution in [-0.2, 0) is 6.61 Å². The van der Waals surface area contributed by atoms with Gasteiger partial charge in [-0.25, -0.2) is 0 Å². The van der Waals surface area contributed by atoms with Crippen molar-refractivity contribution in [2.24, 2.45) is 0 Å². The third kappa shape index (κ3) is 4.01. The molecule has 1 aliphatic heterocycles. The number of benzene rings is 2. The summed E-state index contributed by atoms with van der Waals surface area (Å²) in [7, 11) is 2.12. The Bertz CT molecular complexity index is 832. The Labute approximate surface area is 174 Å². The van der Waals surface area contributed by atoms with Gasteiger partial charge in [0, 0.05) is 30.5 Å². The van der Waals surface area contributed by atoms with E-state index in [1.165, 1.54) is 22.3 Å². The zero-order valence-corrected chi connectivity index (χ0v) is 18.7. The lowest BCUT2D eigenvalue weighted by Gasteiger charge is -2.30. The summed E-state index contributed by atoms with van der Waals surface area (Å²) in [5.41, 5.74) is 5.75. The quantitative estimate of drug-likeness (QED) is 0.562. The van der Waals surface area contributed by atoms with Gasteiger partial charge in [0.05, 0.1) is 0 Å². The first-order valence-electron chi connectivity index (χ1n) is 10.00. The SMILES string of the molecule is Cc1c(C)c2c(c(C)c1OCc1ccccc1)C(CN(C)CCCl)C(C)(C)O2. The van der Waals surface area contributed by atoms with Gasteiger partial charge in [0.2, 0.25) is 0 Å². The Morgan fingerprint density at radius 2 is 1.75 bits per heavy atom. The molecule has 0 aromatic heterocycles. The lowest BCUT2D eigenvalue weighted by molar-refractivity contribution is 0.0945. The van der Waals surface area contributed by atoms with Gasteiger partial charge in [-0.2, -0.15) is 0 Å². The minimum absolute atomic E-state index is 0.261. The summed E-state index contributed by atoms with van der Waals surface area (Å²) < 4.78 is 12.8. The summed E-state index contributed by atoms with van der Waals surface area (Å²) in [5, 5.41) is 0. The number of rotatable bonds is 7. The highest BCUT2D eigenvalue weighted by Gasteiger charge is 2.44. The van der Waals surface area contributed by atoms with Crippen molar-refractivity contribution in [3.63, 3.8) is 0 Å². The van der Waals surface area contributed by atoms with Crippen molar-refractivity contribution in [2.75, 3.05) is 26.0 Å². The molecule has 1 unspecified atom stereocenters. The van der Waals surface area contributed by atoms with Gasteiger partial charge in [0.25, 0.3) is 0 Å². The fourth-order valence-electron chi connectivity index (χ4n) is 4.15. The predicted molar refractivity (Wildman–Crippen MR) is 117 cm³/mol. The van der Waals surface area contributed by atoms with Crippen molar-refractivity contribution in [3.8, 4) is 11.5 Å². The molecule has 1 aliphatic rings. The van der Waals surface area contributed by atoms with E-state index in [2.05, 4.69) is 58.7 Å². The van der Waals surface area contributed by atoms with E-state index in [0.29, 0.717) is 12.5 Å². The van der Waals surface area contributed by atoms with Crippen LogP contribution in [0.25, 0.3) is 0 Å². The molecule has 2 aromatic rings. The lowest BCUT2D eigenvalue weighted by atomic mass is 9.82. The molecule has 0 spiro atoms. The van der Waals surface area contributed by atoms with E-state index in [0.717, 1.165) is 30.2 Å². The Balaban J connectivity index is 1.98. The van der Waals surface area contributed by atoms with E-state index in [1.54, 1.807) is 0 Å². The second-order valence-electron chi connectivity index (χ2n) is 8.43. The van der Waals surface area contributed by atoms with Gasteiger partial charge < -0.3 is 14.4 Å². The first-order chi connectivity index (χ1) is 13.3. The monoisotopic (exact) mass is 401 g/mol. The number of likely N-dealkylation sites (N-methyl/N-ethyl adjacent to an activating group) is 1. The van der Waals surface area contributed by atoms with Crippen LogP contribution in [-0.4, -0.2) is 36.5 Å². The predicted octanol–water partition coefficient (Wildman–Crippen LogP) is 5.62. The Morgan fingerprint density at radius 3 is 2.39 bits per heavy atom. The van der Waals surface area contributed by atoms with Crippen LogP contribution in [0.1, 0.15) is 47.6 Å². The van der Waals surface area contributed by atoms with Crippen molar-refractivity contribution >= 4 is 11.6 Å². The Hall–Kier alpha value is -1.71. The van der Waals surface area contributed by atoms with Crippen molar-refractivity contribution < 1.29 is 9.47 Å². The van der Waals surface area contributed by atoms with Crippen LogP contribution in [0.3, 0.4) is 0 Å². The lowest BCUT2D eigenvalue weighted by Crippen LogP contribution is -2.38. The van der Waals surface area contributed by atoms with Gasteiger partial charge in [-0.3, -0.25) is 0 Å². The van der Waals surface area contributed by atoms with E-state index in [4.69, 9.17) is 21.1 Å². The molecule has 2 aromatic carbocycles. The summed E-state index contributed by atoms with van der Waals surface area (Å²) in [4.78, 5) is 2.29. The molecule has 0 saturated carbocycles. The third-order valence-electron chi connectivity index (χ3n) is 5.97. The summed E-state index contributed by atoms with van der Waals surface area (Å²) >= 11 is 5.96. The van der Waals surface area contributed by atoms with Crippen LogP contribution >= 0.6 is 11.6 Å². The fourth-order valence-corrected chi connectivity index (χ4v) is 4.44. The molecular weight excluding hydrogens is 370 g/mol. The number of ether oxygens (including phenoxy) is 2. The molecule has 1 atom stereocenters. The largest absolute Gasteiger partial charge is 0.488 e. The van der Waals surface area contributed by atoms with Crippen LogP contribution in [0, 0.1) is 20.8 Å². The molecule has 152 valence electrons. The maximum absolute atomic E-state index is 6.48. The molecule has 0 aliphatic carbocycles. The van der Waals surface area contributed by atoms with Gasteiger partial charge >= 0.3 is 0 Å². The van der Waals surface area contributed by atoms with Crippen LogP contribution in [0.4, 0.5) is 0 Å². The van der Waals surface area contributed by atoms with Crippen molar-refractivity contribution in [1.82, 2.24) is 4.90 Å². The first kappa shape index (κ1) is 21.0. The molecule has 4 heteroatoms. The highest BCUT2D eigenvalue weighted by atomic mass is 35.5. The number of nitrogens with zero attached hydrogens (tertiary/aromatic N) is 1. The van der Waals surface area contributed by atoms with Crippen LogP contribution < -0.4 is 9.47 Å². The topological polar surface area (TPSA) is 21.7 Å². The van der Waals surface area contributed by atoms with Gasteiger partial charge in [0.15, 0.2) is 0 Å². The van der Waals surface area contributed by atoms with Crippen LogP contribution in [0.15, 0.2) is 30.3 Å². The van der Waals surface area contributed by atoms with E-state index in [-0.39, 0.29) is 11.5 Å². The zero-order chi connectivity index (χ0) is 20.5. The number of halogens is 1. The molecule has 0 saturated heterocycles. The normalized spacial score (nSPS) is 17.5. The van der Waals surface area contributed by atoms with E-state index >= 15 is 0 Å². The third-order valence-corrected chi connectivity index (χ3v) is 6.14. The molecule has 1 heterocycles. The minimum Gasteiger partial charge on any atom is -0.488 e. The molecule has 0 amide bonds. The van der Waals surface area contributed by atoms with E-state index in [9.17, 15) is 0 Å². The van der Waals surface area contributed by atoms with Crippen molar-refractivity contribution in [1.29, 1.82) is 0 Å². The number of hydrogen-bond donors (Lipinski definition) is 0. The highest BCUT2D eigenvalue weighted by Crippen LogP contribution is 2.51. The van der Waals surface area contributed by atoms with Gasteiger partial charge in [-0.15, -0.1) is 11.6 Å². The highest BCUT2D eigenvalue weighted by molar-refractivity contribution is 6.18. The van der Waals surface area contributed by atoms with E-state index < -0.39 is 0 Å². The molecule has 0 fully saturated rings. The first-order valence-corrected chi connectivity index (χ1v) is 10.5. The summed E-state index contributed by atoms with van der Waals surface area (Å²) in [6.07, 6.45) is 0. The summed E-state index contributed by atoms with van der Waals surface area (Å²) in [6.45, 7) is 13.2. The molecule has 0 radical (unpaired) electrons. The maximum atomic E-state index is 6.48. The Morgan fingerprint density at radius 1 is 1.07 bits per heavy atom. The van der Waals surface area contributed by atoms with Gasteiger partial charge in [0.1, 0.15) is 23.7 Å². The second kappa shape index (κ2) is 8.34.